The Bertz CT molecular complexity index is 1710. The van der Waals surface area contributed by atoms with Gasteiger partial charge in [-0.3, -0.25) is 9.11 Å². The fourth-order valence-corrected chi connectivity index (χ4v) is 5.86. The van der Waals surface area contributed by atoms with E-state index in [1.807, 2.05) is 0 Å². The molecular weight excluding hydrogens is 569 g/mol. The van der Waals surface area contributed by atoms with Gasteiger partial charge in [-0.2, -0.15) is 30.0 Å². The Balaban J connectivity index is 1.97. The molecule has 0 unspecified atom stereocenters. The van der Waals surface area contributed by atoms with E-state index in [-0.39, 0.29) is 34.5 Å². The summed E-state index contributed by atoms with van der Waals surface area (Å²) in [5.74, 6) is 0. The van der Waals surface area contributed by atoms with Crippen LogP contribution in [-0.2, 0) is 32.1 Å². The molecule has 0 atom stereocenters. The summed E-state index contributed by atoms with van der Waals surface area (Å²) in [6, 6.07) is 17.8. The van der Waals surface area contributed by atoms with Crippen LogP contribution in [0.1, 0.15) is 27.8 Å². The maximum Gasteiger partial charge on any atom is 0.406 e. The van der Waals surface area contributed by atoms with E-state index in [9.17, 15) is 21.4 Å². The summed E-state index contributed by atoms with van der Waals surface area (Å²) in [4.78, 5) is -1.16. The van der Waals surface area contributed by atoms with Crippen molar-refractivity contribution >= 4 is 31.6 Å². The van der Waals surface area contributed by atoms with E-state index in [4.69, 9.17) is 16.0 Å². The van der Waals surface area contributed by atoms with Gasteiger partial charge in [-0.05, 0) is 76.7 Å². The lowest BCUT2D eigenvalue weighted by molar-refractivity contribution is -0.166. The lowest BCUT2D eigenvalue weighted by Gasteiger charge is -2.38. The van der Waals surface area contributed by atoms with Crippen LogP contribution in [-0.4, -0.2) is 32.1 Å². The van der Waals surface area contributed by atoms with Crippen LogP contribution in [0.5, 0.6) is 0 Å². The van der Waals surface area contributed by atoms with Gasteiger partial charge >= 0.3 is 6.18 Å². The third kappa shape index (κ3) is 5.54. The first kappa shape index (κ1) is 29.1. The highest BCUT2D eigenvalue weighted by atomic mass is 32.2. The highest BCUT2D eigenvalue weighted by Crippen LogP contribution is 2.52. The molecule has 4 aromatic carbocycles. The molecule has 0 spiro atoms. The smallest absolute Gasteiger partial charge is 0.399 e. The van der Waals surface area contributed by atoms with Crippen molar-refractivity contribution in [3.05, 3.63) is 119 Å². The molecule has 4 rings (SSSR count). The van der Waals surface area contributed by atoms with Gasteiger partial charge in [-0.15, -0.1) is 0 Å². The van der Waals surface area contributed by atoms with Gasteiger partial charge in [0.25, 0.3) is 20.2 Å². The Morgan fingerprint density at radius 3 is 1.48 bits per heavy atom. The third-order valence-corrected chi connectivity index (χ3v) is 8.31. The third-order valence-electron chi connectivity index (χ3n) is 6.51. The Labute approximate surface area is 228 Å². The predicted octanol–water partition coefficient (Wildman–Crippen LogP) is 4.83. The Hall–Kier alpha value is -3.91. The Morgan fingerprint density at radius 2 is 1.07 bits per heavy atom. The van der Waals surface area contributed by atoms with Gasteiger partial charge in [0.2, 0.25) is 0 Å². The van der Waals surface area contributed by atoms with Crippen LogP contribution in [0.3, 0.4) is 0 Å². The summed E-state index contributed by atoms with van der Waals surface area (Å²) < 4.78 is 113. The second-order valence-electron chi connectivity index (χ2n) is 9.09. The summed E-state index contributed by atoms with van der Waals surface area (Å²) in [7, 11) is -9.51. The first-order valence-electron chi connectivity index (χ1n) is 11.5. The molecule has 0 aliphatic carbocycles. The number of nitrogen functional groups attached to an aromatic ring is 2. The molecule has 0 bridgehead atoms. The molecule has 0 aromatic heterocycles. The predicted molar refractivity (Wildman–Crippen MR) is 143 cm³/mol. The van der Waals surface area contributed by atoms with Crippen molar-refractivity contribution in [2.24, 2.45) is 0 Å². The zero-order chi connectivity index (χ0) is 29.5. The van der Waals surface area contributed by atoms with Crippen molar-refractivity contribution < 1.29 is 39.1 Å². The van der Waals surface area contributed by atoms with Crippen molar-refractivity contribution in [2.75, 3.05) is 11.5 Å². The largest absolute Gasteiger partial charge is 0.406 e. The van der Waals surface area contributed by atoms with Crippen LogP contribution in [0.25, 0.3) is 0 Å². The quantitative estimate of drug-likeness (QED) is 0.135. The molecule has 13 heteroatoms. The summed E-state index contributed by atoms with van der Waals surface area (Å²) in [5, 5.41) is 0. The molecule has 8 nitrogen and oxygen atoms in total. The molecule has 210 valence electrons. The molecule has 0 radical (unpaired) electrons. The van der Waals surface area contributed by atoms with E-state index < -0.39 is 47.2 Å². The first-order chi connectivity index (χ1) is 18.5. The van der Waals surface area contributed by atoms with Gasteiger partial charge in [0.05, 0.1) is 9.79 Å². The minimum absolute atomic E-state index is 0.0449. The maximum atomic E-state index is 15.3. The molecule has 6 N–H and O–H groups in total. The first-order valence-corrected chi connectivity index (χ1v) is 14.4. The number of alkyl halides is 3. The number of nitrogens with two attached hydrogens (primary N) is 2. The second kappa shape index (κ2) is 10.2. The standard InChI is InChI=1S/C27H23F3N2O6S2/c28-27(29,30)26(19-5-9-22(31)10-6-19,20-7-11-23(32)12-8-20)21-4-3-18(25(16-21)40(36,37)38)15-17-1-13-24(14-2-17)39(33,34)35/h1-14,16H,15,31-32H2,(H,33,34,35)(H,36,37,38). The average molecular weight is 593 g/mol. The number of hydrogen-bond acceptors (Lipinski definition) is 6. The topological polar surface area (TPSA) is 161 Å². The van der Waals surface area contributed by atoms with Gasteiger partial charge < -0.3 is 11.5 Å². The van der Waals surface area contributed by atoms with Gasteiger partial charge in [-0.1, -0.05) is 48.5 Å². The van der Waals surface area contributed by atoms with Crippen LogP contribution in [0.4, 0.5) is 24.5 Å². The van der Waals surface area contributed by atoms with E-state index in [0.717, 1.165) is 30.3 Å². The van der Waals surface area contributed by atoms with Crippen molar-refractivity contribution in [3.63, 3.8) is 0 Å². The molecule has 0 saturated carbocycles. The molecular formula is C27H23F3N2O6S2. The summed E-state index contributed by atoms with van der Waals surface area (Å²) in [5.41, 5.74) is 8.31. The summed E-state index contributed by atoms with van der Waals surface area (Å²) in [6.45, 7) is 0. The Kier molecular flexibility index (Phi) is 7.45. The van der Waals surface area contributed by atoms with Crippen molar-refractivity contribution in [3.8, 4) is 0 Å². The monoisotopic (exact) mass is 592 g/mol. The zero-order valence-electron chi connectivity index (χ0n) is 20.5. The highest BCUT2D eigenvalue weighted by molar-refractivity contribution is 7.86. The SMILES string of the molecule is Nc1ccc(C(c2ccc(N)cc2)(c2ccc(Cc3ccc(S(=O)(=O)O)cc3)c(S(=O)(=O)O)c2)C(F)(F)F)cc1. The minimum Gasteiger partial charge on any atom is -0.399 e. The van der Waals surface area contributed by atoms with E-state index in [2.05, 4.69) is 0 Å². The number of anilines is 2. The molecule has 40 heavy (non-hydrogen) atoms. The fraction of sp³-hybridized carbons (Fsp3) is 0.111. The van der Waals surface area contributed by atoms with Crippen LogP contribution in [0, 0.1) is 0 Å². The van der Waals surface area contributed by atoms with E-state index in [1.54, 1.807) is 0 Å². The van der Waals surface area contributed by atoms with E-state index >= 15 is 13.2 Å². The van der Waals surface area contributed by atoms with Gasteiger partial charge in [0.1, 0.15) is 5.41 Å². The van der Waals surface area contributed by atoms with Crippen molar-refractivity contribution in [1.29, 1.82) is 0 Å². The molecule has 4 aromatic rings. The van der Waals surface area contributed by atoms with Gasteiger partial charge in [0.15, 0.2) is 0 Å². The highest BCUT2D eigenvalue weighted by Gasteiger charge is 2.58. The molecule has 0 amide bonds. The number of benzene rings is 4. The van der Waals surface area contributed by atoms with Crippen LogP contribution < -0.4 is 11.5 Å². The lowest BCUT2D eigenvalue weighted by Crippen LogP contribution is -2.44. The molecule has 0 aliphatic rings. The van der Waals surface area contributed by atoms with Crippen LogP contribution in [0.2, 0.25) is 0 Å². The normalized spacial score (nSPS) is 12.8. The van der Waals surface area contributed by atoms with Crippen LogP contribution >= 0.6 is 0 Å². The molecule has 0 saturated heterocycles. The van der Waals surface area contributed by atoms with Crippen LogP contribution in [0.15, 0.2) is 101 Å². The zero-order valence-corrected chi connectivity index (χ0v) is 22.1. The summed E-state index contributed by atoms with van der Waals surface area (Å²) >= 11 is 0. The van der Waals surface area contributed by atoms with Gasteiger partial charge in [-0.25, -0.2) is 0 Å². The van der Waals surface area contributed by atoms with Crippen molar-refractivity contribution in [2.45, 2.75) is 27.8 Å². The molecule has 0 fully saturated rings. The average Bonchev–Trinajstić information content (AvgIpc) is 2.85. The molecule has 0 heterocycles. The summed E-state index contributed by atoms with van der Waals surface area (Å²) in [6.07, 6.45) is -5.20. The molecule has 0 aliphatic heterocycles. The van der Waals surface area contributed by atoms with Gasteiger partial charge in [0, 0.05) is 11.4 Å². The second-order valence-corrected chi connectivity index (χ2v) is 11.9. The van der Waals surface area contributed by atoms with E-state index in [1.165, 1.54) is 60.7 Å². The Morgan fingerprint density at radius 1 is 0.625 bits per heavy atom. The number of rotatable bonds is 7. The van der Waals surface area contributed by atoms with E-state index in [0.29, 0.717) is 5.56 Å². The lowest BCUT2D eigenvalue weighted by atomic mass is 9.68. The number of hydrogen-bond donors (Lipinski definition) is 4. The van der Waals surface area contributed by atoms with Crippen molar-refractivity contribution in [1.82, 2.24) is 0 Å². The fourth-order valence-electron chi connectivity index (χ4n) is 4.63. The number of halogens is 3. The maximum absolute atomic E-state index is 15.3. The minimum atomic E-state index is -5.03.